The fourth-order valence-electron chi connectivity index (χ4n) is 5.92. The van der Waals surface area contributed by atoms with Gasteiger partial charge in [0.2, 0.25) is 11.8 Å². The number of hydrogen-bond donors (Lipinski definition) is 3. The molecule has 4 amide bonds. The van der Waals surface area contributed by atoms with Crippen molar-refractivity contribution >= 4 is 57.6 Å². The number of nitrogens with zero attached hydrogens (tertiary/aromatic N) is 4. The molecule has 4 N–H and O–H groups in total. The largest absolute Gasteiger partial charge is 0.364 e. The highest BCUT2D eigenvalue weighted by Gasteiger charge is 2.51. The molecule has 2 fully saturated rings. The second-order valence-corrected chi connectivity index (χ2v) is 10.6. The first-order valence-electron chi connectivity index (χ1n) is 13.2. The normalized spacial score (nSPS) is 19.3. The molecule has 0 spiro atoms. The lowest BCUT2D eigenvalue weighted by molar-refractivity contribution is -0.141. The van der Waals surface area contributed by atoms with Crippen molar-refractivity contribution in [3.05, 3.63) is 83.1 Å². The second kappa shape index (κ2) is 10.7. The minimum absolute atomic E-state index is 0.0205. The molecule has 3 atom stereocenters. The number of aromatic nitrogens is 3. The molecule has 0 unspecified atom stereocenters. The zero-order valence-corrected chi connectivity index (χ0v) is 22.5. The molecule has 2 aromatic heterocycles. The lowest BCUT2D eigenvalue weighted by atomic mass is 9.97. The van der Waals surface area contributed by atoms with E-state index in [2.05, 4.69) is 20.7 Å². The molecule has 11 nitrogen and oxygen atoms in total. The maximum absolute atomic E-state index is 13.7. The van der Waals surface area contributed by atoms with Gasteiger partial charge in [-0.15, -0.1) is 0 Å². The quantitative estimate of drug-likeness (QED) is 0.289. The molecule has 6 rings (SSSR count). The van der Waals surface area contributed by atoms with Crippen LogP contribution in [0.3, 0.4) is 0 Å². The second-order valence-electron chi connectivity index (χ2n) is 10.2. The SMILES string of the molecule is NC(=O)c1nn(CC(=O)N2[C@@H]3CC[C@@H](C3)[C@H]2C(=O)Nc2cccc(Cl)n2)c2ccc(NC(=O)c3ccccc3)cc12. The molecule has 2 aromatic carbocycles. The Balaban J connectivity index is 1.25. The average Bonchev–Trinajstić information content (AvgIpc) is 3.67. The monoisotopic (exact) mass is 571 g/mol. The van der Waals surface area contributed by atoms with Gasteiger partial charge in [-0.3, -0.25) is 23.9 Å². The number of likely N-dealkylation sites (tertiary alicyclic amines) is 1. The molecule has 1 aliphatic heterocycles. The van der Waals surface area contributed by atoms with Gasteiger partial charge in [0.1, 0.15) is 23.6 Å². The summed E-state index contributed by atoms with van der Waals surface area (Å²) in [4.78, 5) is 57.7. The van der Waals surface area contributed by atoms with Crippen LogP contribution in [0.15, 0.2) is 66.7 Å². The first-order chi connectivity index (χ1) is 19.8. The van der Waals surface area contributed by atoms with Crippen LogP contribution in [-0.2, 0) is 16.1 Å². The number of fused-ring (bicyclic) bond motifs is 3. The number of anilines is 2. The molecule has 1 saturated carbocycles. The van der Waals surface area contributed by atoms with E-state index in [1.54, 1.807) is 65.6 Å². The molecule has 41 heavy (non-hydrogen) atoms. The van der Waals surface area contributed by atoms with Gasteiger partial charge in [0, 0.05) is 22.7 Å². The van der Waals surface area contributed by atoms with Gasteiger partial charge in [0.15, 0.2) is 5.69 Å². The Kier molecular flexibility index (Phi) is 6.88. The van der Waals surface area contributed by atoms with Crippen LogP contribution in [0.4, 0.5) is 11.5 Å². The van der Waals surface area contributed by atoms with Crippen molar-refractivity contribution in [2.75, 3.05) is 10.6 Å². The number of primary amides is 1. The predicted octanol–water partition coefficient (Wildman–Crippen LogP) is 3.45. The van der Waals surface area contributed by atoms with Crippen molar-refractivity contribution in [1.29, 1.82) is 0 Å². The molecule has 0 radical (unpaired) electrons. The Morgan fingerprint density at radius 2 is 1.78 bits per heavy atom. The number of carbonyl (C=O) groups excluding carboxylic acids is 4. The number of amides is 4. The smallest absolute Gasteiger partial charge is 0.269 e. The minimum Gasteiger partial charge on any atom is -0.364 e. The van der Waals surface area contributed by atoms with Crippen LogP contribution in [0, 0.1) is 5.92 Å². The van der Waals surface area contributed by atoms with E-state index in [-0.39, 0.29) is 47.1 Å². The number of nitrogens with two attached hydrogens (primary N) is 1. The van der Waals surface area contributed by atoms with Gasteiger partial charge in [-0.1, -0.05) is 35.9 Å². The van der Waals surface area contributed by atoms with Crippen molar-refractivity contribution in [2.45, 2.75) is 37.9 Å². The summed E-state index contributed by atoms with van der Waals surface area (Å²) in [5.41, 5.74) is 7.02. The fraction of sp³-hybridized carbons (Fsp3) is 0.241. The Bertz CT molecular complexity index is 1690. The molecule has 2 bridgehead atoms. The van der Waals surface area contributed by atoms with Crippen molar-refractivity contribution in [3.8, 4) is 0 Å². The number of carbonyl (C=O) groups is 4. The highest BCUT2D eigenvalue weighted by molar-refractivity contribution is 6.29. The molecule has 4 aromatic rings. The number of hydrogen-bond acceptors (Lipinski definition) is 6. The molecule has 1 saturated heterocycles. The summed E-state index contributed by atoms with van der Waals surface area (Å²) in [6, 6.07) is 17.9. The molecule has 208 valence electrons. The van der Waals surface area contributed by atoms with Gasteiger partial charge in [-0.25, -0.2) is 4.98 Å². The van der Waals surface area contributed by atoms with E-state index < -0.39 is 11.9 Å². The third-order valence-electron chi connectivity index (χ3n) is 7.67. The summed E-state index contributed by atoms with van der Waals surface area (Å²) in [5.74, 6) is -1.33. The zero-order valence-electron chi connectivity index (χ0n) is 21.8. The van der Waals surface area contributed by atoms with Gasteiger partial charge in [-0.2, -0.15) is 5.10 Å². The van der Waals surface area contributed by atoms with Crippen LogP contribution in [0.5, 0.6) is 0 Å². The van der Waals surface area contributed by atoms with Crippen LogP contribution in [0.1, 0.15) is 40.1 Å². The number of nitrogens with one attached hydrogen (secondary N) is 2. The van der Waals surface area contributed by atoms with Crippen molar-refractivity contribution in [3.63, 3.8) is 0 Å². The van der Waals surface area contributed by atoms with Crippen molar-refractivity contribution in [2.24, 2.45) is 11.7 Å². The third-order valence-corrected chi connectivity index (χ3v) is 7.88. The number of rotatable bonds is 7. The van der Waals surface area contributed by atoms with Crippen LogP contribution < -0.4 is 16.4 Å². The van der Waals surface area contributed by atoms with E-state index in [1.807, 2.05) is 6.07 Å². The van der Waals surface area contributed by atoms with Gasteiger partial charge < -0.3 is 21.3 Å². The standard InChI is InChI=1S/C29H26ClN7O4/c30-22-7-4-8-23(33-22)34-29(41)26-17-9-11-19(13-17)37(26)24(38)15-36-21-12-10-18(14-20(21)25(35-36)27(31)39)32-28(40)16-5-2-1-3-6-16/h1-8,10,12,14,17,19,26H,9,11,13,15H2,(H2,31,39)(H,32,40)(H,33,34,41)/t17-,19+,26-/m0/s1. The highest BCUT2D eigenvalue weighted by Crippen LogP contribution is 2.43. The molecule has 2 aliphatic rings. The molecular weight excluding hydrogens is 546 g/mol. The summed E-state index contributed by atoms with van der Waals surface area (Å²) in [6.45, 7) is -0.193. The van der Waals surface area contributed by atoms with Crippen molar-refractivity contribution in [1.82, 2.24) is 19.7 Å². The summed E-state index contributed by atoms with van der Waals surface area (Å²) in [6.07, 6.45) is 2.40. The number of benzene rings is 2. The van der Waals surface area contributed by atoms with E-state index in [9.17, 15) is 19.2 Å². The predicted molar refractivity (Wildman–Crippen MR) is 152 cm³/mol. The first kappa shape index (κ1) is 26.5. The summed E-state index contributed by atoms with van der Waals surface area (Å²) in [5, 5.41) is 10.6. The van der Waals surface area contributed by atoms with Gasteiger partial charge in [0.25, 0.3) is 11.8 Å². The highest BCUT2D eigenvalue weighted by atomic mass is 35.5. The molecule has 3 heterocycles. The Labute approximate surface area is 239 Å². The summed E-state index contributed by atoms with van der Waals surface area (Å²) >= 11 is 5.96. The van der Waals surface area contributed by atoms with Gasteiger partial charge in [-0.05, 0) is 67.6 Å². The Hall–Kier alpha value is -4.77. The van der Waals surface area contributed by atoms with Crippen LogP contribution in [0.2, 0.25) is 5.15 Å². The van der Waals surface area contributed by atoms with Gasteiger partial charge >= 0.3 is 0 Å². The topological polar surface area (TPSA) is 152 Å². The fourth-order valence-corrected chi connectivity index (χ4v) is 6.09. The first-order valence-corrected chi connectivity index (χ1v) is 13.6. The van der Waals surface area contributed by atoms with E-state index >= 15 is 0 Å². The van der Waals surface area contributed by atoms with Gasteiger partial charge in [0.05, 0.1) is 5.52 Å². The van der Waals surface area contributed by atoms with E-state index in [4.69, 9.17) is 17.3 Å². The van der Waals surface area contributed by atoms with Crippen LogP contribution >= 0.6 is 11.6 Å². The molecule has 12 heteroatoms. The molecular formula is C29H26ClN7O4. The number of halogens is 1. The zero-order chi connectivity index (χ0) is 28.7. The minimum atomic E-state index is -0.765. The summed E-state index contributed by atoms with van der Waals surface area (Å²) in [7, 11) is 0. The lowest BCUT2D eigenvalue weighted by Crippen LogP contribution is -2.52. The van der Waals surface area contributed by atoms with Crippen LogP contribution in [-0.4, -0.2) is 55.4 Å². The number of piperidine rings is 1. The van der Waals surface area contributed by atoms with Crippen LogP contribution in [0.25, 0.3) is 10.9 Å². The third kappa shape index (κ3) is 5.11. The lowest BCUT2D eigenvalue weighted by Gasteiger charge is -2.34. The maximum atomic E-state index is 13.7. The summed E-state index contributed by atoms with van der Waals surface area (Å²) < 4.78 is 1.42. The Morgan fingerprint density at radius 1 is 0.976 bits per heavy atom. The Morgan fingerprint density at radius 3 is 2.54 bits per heavy atom. The maximum Gasteiger partial charge on any atom is 0.269 e. The van der Waals surface area contributed by atoms with E-state index in [1.165, 1.54) is 4.68 Å². The molecule has 1 aliphatic carbocycles. The number of pyridine rings is 1. The van der Waals surface area contributed by atoms with Crippen molar-refractivity contribution < 1.29 is 19.2 Å². The average molecular weight is 572 g/mol. The van der Waals surface area contributed by atoms with E-state index in [0.29, 0.717) is 28.0 Å². The van der Waals surface area contributed by atoms with E-state index in [0.717, 1.165) is 19.3 Å².